The third-order valence-electron chi connectivity index (χ3n) is 2.96. The fourth-order valence-corrected chi connectivity index (χ4v) is 3.75. The van der Waals surface area contributed by atoms with Gasteiger partial charge >= 0.3 is 6.03 Å². The number of nitrogens with two attached hydrogens (primary N) is 1. The van der Waals surface area contributed by atoms with Gasteiger partial charge in [-0.2, -0.15) is 0 Å². The molecule has 0 spiro atoms. The Kier molecular flexibility index (Phi) is 4.43. The minimum Gasteiger partial charge on any atom is -0.338 e. The molecule has 1 aromatic heterocycles. The monoisotopic (exact) mass is 303 g/mol. The van der Waals surface area contributed by atoms with Crippen molar-refractivity contribution < 1.29 is 13.2 Å². The average molecular weight is 303 g/mol. The summed E-state index contributed by atoms with van der Waals surface area (Å²) >= 11 is 1.15. The summed E-state index contributed by atoms with van der Waals surface area (Å²) in [5, 5.41) is 7.87. The highest BCUT2D eigenvalue weighted by Gasteiger charge is 2.17. The molecule has 2 rings (SSSR count). The maximum atomic E-state index is 11.7. The van der Waals surface area contributed by atoms with Crippen LogP contribution in [0, 0.1) is 0 Å². The number of carbonyl (C=O) groups is 1. The smallest absolute Gasteiger partial charge is 0.317 e. The van der Waals surface area contributed by atoms with E-state index in [1.807, 2.05) is 0 Å². The quantitative estimate of drug-likeness (QED) is 0.859. The predicted molar refractivity (Wildman–Crippen MR) is 73.6 cm³/mol. The van der Waals surface area contributed by atoms with Gasteiger partial charge in [0.1, 0.15) is 4.21 Å². The average Bonchev–Trinajstić information content (AvgIpc) is 2.99. The summed E-state index contributed by atoms with van der Waals surface area (Å²) in [6.45, 7) is 2.14. The number of nitrogens with zero attached hydrogens (tertiary/aromatic N) is 1. The van der Waals surface area contributed by atoms with Gasteiger partial charge in [-0.25, -0.2) is 18.4 Å². The van der Waals surface area contributed by atoms with Crippen LogP contribution in [0.3, 0.4) is 0 Å². The number of hydrogen-bond acceptors (Lipinski definition) is 4. The number of amides is 2. The van der Waals surface area contributed by atoms with Crippen molar-refractivity contribution >= 4 is 27.4 Å². The van der Waals surface area contributed by atoms with Gasteiger partial charge in [-0.3, -0.25) is 0 Å². The standard InChI is InChI=1S/C11H17N3O3S2/c12-19(16,17)10-4-3-9(18-10)5-6-13-11(15)14-7-1-2-8-14/h3-4H,1-2,5-8H2,(H,13,15)(H2,12,16,17). The van der Waals surface area contributed by atoms with E-state index in [0.29, 0.717) is 13.0 Å². The van der Waals surface area contributed by atoms with Gasteiger partial charge < -0.3 is 10.2 Å². The first-order valence-corrected chi connectivity index (χ1v) is 8.47. The van der Waals surface area contributed by atoms with Crippen LogP contribution in [0.1, 0.15) is 17.7 Å². The zero-order valence-corrected chi connectivity index (χ0v) is 12.1. The number of carbonyl (C=O) groups excluding carboxylic acids is 1. The number of hydrogen-bond donors (Lipinski definition) is 2. The number of thiophene rings is 1. The molecular formula is C11H17N3O3S2. The van der Waals surface area contributed by atoms with E-state index in [-0.39, 0.29) is 10.2 Å². The maximum absolute atomic E-state index is 11.7. The molecule has 2 amide bonds. The molecule has 0 unspecified atom stereocenters. The first kappa shape index (κ1) is 14.3. The molecule has 2 heterocycles. The van der Waals surface area contributed by atoms with Crippen molar-refractivity contribution in [1.82, 2.24) is 10.2 Å². The second-order valence-electron chi connectivity index (χ2n) is 4.44. The largest absolute Gasteiger partial charge is 0.338 e. The Balaban J connectivity index is 1.79. The minimum absolute atomic E-state index is 0.0410. The van der Waals surface area contributed by atoms with Gasteiger partial charge in [0.15, 0.2) is 0 Å². The fraction of sp³-hybridized carbons (Fsp3) is 0.545. The van der Waals surface area contributed by atoms with E-state index in [1.165, 1.54) is 6.07 Å². The Labute approximate surface area is 116 Å². The van der Waals surface area contributed by atoms with E-state index >= 15 is 0 Å². The van der Waals surface area contributed by atoms with Gasteiger partial charge in [0.25, 0.3) is 0 Å². The van der Waals surface area contributed by atoms with Crippen LogP contribution in [0.5, 0.6) is 0 Å². The molecule has 1 fully saturated rings. The van der Waals surface area contributed by atoms with Crippen LogP contribution in [0.15, 0.2) is 16.3 Å². The van der Waals surface area contributed by atoms with Gasteiger partial charge in [0, 0.05) is 24.5 Å². The van der Waals surface area contributed by atoms with Crippen LogP contribution in [0.25, 0.3) is 0 Å². The topological polar surface area (TPSA) is 92.5 Å². The molecule has 0 saturated carbocycles. The minimum atomic E-state index is -3.61. The van der Waals surface area contributed by atoms with E-state index in [2.05, 4.69) is 5.32 Å². The summed E-state index contributed by atoms with van der Waals surface area (Å²) in [4.78, 5) is 14.4. The fourth-order valence-electron chi connectivity index (χ4n) is 1.97. The van der Waals surface area contributed by atoms with Crippen LogP contribution in [-0.2, 0) is 16.4 Å². The Bertz CT molecular complexity index is 547. The van der Waals surface area contributed by atoms with Crippen molar-refractivity contribution in [3.63, 3.8) is 0 Å². The summed E-state index contributed by atoms with van der Waals surface area (Å²) in [6, 6.07) is 3.19. The second-order valence-corrected chi connectivity index (χ2v) is 7.40. The molecule has 3 N–H and O–H groups in total. The highest BCUT2D eigenvalue weighted by Crippen LogP contribution is 2.20. The number of primary sulfonamides is 1. The van der Waals surface area contributed by atoms with Crippen molar-refractivity contribution in [2.45, 2.75) is 23.5 Å². The van der Waals surface area contributed by atoms with E-state index in [4.69, 9.17) is 5.14 Å². The molecule has 1 aliphatic heterocycles. The van der Waals surface area contributed by atoms with Crippen molar-refractivity contribution in [3.8, 4) is 0 Å². The summed E-state index contributed by atoms with van der Waals surface area (Å²) < 4.78 is 22.4. The molecule has 0 atom stereocenters. The molecule has 0 aromatic carbocycles. The molecule has 0 radical (unpaired) electrons. The molecular weight excluding hydrogens is 286 g/mol. The number of sulfonamides is 1. The molecule has 0 bridgehead atoms. The molecule has 19 heavy (non-hydrogen) atoms. The summed E-state index contributed by atoms with van der Waals surface area (Å²) in [5.41, 5.74) is 0. The SMILES string of the molecule is NS(=O)(=O)c1ccc(CCNC(=O)N2CCCC2)s1. The van der Waals surface area contributed by atoms with Crippen molar-refractivity contribution in [1.29, 1.82) is 0 Å². The van der Waals surface area contributed by atoms with E-state index in [0.717, 1.165) is 42.1 Å². The summed E-state index contributed by atoms with van der Waals surface area (Å²) in [7, 11) is -3.61. The van der Waals surface area contributed by atoms with Crippen LogP contribution in [0.2, 0.25) is 0 Å². The molecule has 6 nitrogen and oxygen atoms in total. The normalized spacial score (nSPS) is 15.7. The Morgan fingerprint density at radius 1 is 1.37 bits per heavy atom. The van der Waals surface area contributed by atoms with Crippen molar-refractivity contribution in [2.75, 3.05) is 19.6 Å². The zero-order chi connectivity index (χ0) is 13.9. The van der Waals surface area contributed by atoms with E-state index in [9.17, 15) is 13.2 Å². The van der Waals surface area contributed by atoms with Gasteiger partial charge in [0.05, 0.1) is 0 Å². The predicted octanol–water partition coefficient (Wildman–Crippen LogP) is 0.743. The third-order valence-corrected chi connectivity index (χ3v) is 5.54. The highest BCUT2D eigenvalue weighted by atomic mass is 32.2. The Hall–Kier alpha value is -1.12. The lowest BCUT2D eigenvalue weighted by Crippen LogP contribution is -2.38. The summed E-state index contributed by atoms with van der Waals surface area (Å²) in [5.74, 6) is 0. The summed E-state index contributed by atoms with van der Waals surface area (Å²) in [6.07, 6.45) is 2.74. The lowest BCUT2D eigenvalue weighted by atomic mass is 10.3. The van der Waals surface area contributed by atoms with Crippen molar-refractivity contribution in [2.24, 2.45) is 5.14 Å². The lowest BCUT2D eigenvalue weighted by molar-refractivity contribution is 0.209. The zero-order valence-electron chi connectivity index (χ0n) is 10.5. The molecule has 0 aliphatic carbocycles. The van der Waals surface area contributed by atoms with Crippen molar-refractivity contribution in [3.05, 3.63) is 17.0 Å². The van der Waals surface area contributed by atoms with Gasteiger partial charge in [-0.1, -0.05) is 0 Å². The number of rotatable bonds is 4. The van der Waals surface area contributed by atoms with Gasteiger partial charge in [0.2, 0.25) is 10.0 Å². The number of nitrogens with one attached hydrogen (secondary N) is 1. The third kappa shape index (κ3) is 3.92. The molecule has 106 valence electrons. The molecule has 1 aliphatic rings. The van der Waals surface area contributed by atoms with Crippen LogP contribution < -0.4 is 10.5 Å². The van der Waals surface area contributed by atoms with Crippen LogP contribution in [-0.4, -0.2) is 39.0 Å². The highest BCUT2D eigenvalue weighted by molar-refractivity contribution is 7.91. The van der Waals surface area contributed by atoms with Crippen LogP contribution >= 0.6 is 11.3 Å². The Morgan fingerprint density at radius 2 is 2.05 bits per heavy atom. The van der Waals surface area contributed by atoms with Crippen LogP contribution in [0.4, 0.5) is 4.79 Å². The Morgan fingerprint density at radius 3 is 2.63 bits per heavy atom. The molecule has 1 saturated heterocycles. The molecule has 1 aromatic rings. The van der Waals surface area contributed by atoms with E-state index < -0.39 is 10.0 Å². The van der Waals surface area contributed by atoms with E-state index in [1.54, 1.807) is 11.0 Å². The molecule has 8 heteroatoms. The first-order chi connectivity index (χ1) is 8.97. The van der Waals surface area contributed by atoms with Gasteiger partial charge in [-0.05, 0) is 31.4 Å². The number of likely N-dealkylation sites (tertiary alicyclic amines) is 1. The first-order valence-electron chi connectivity index (χ1n) is 6.11. The maximum Gasteiger partial charge on any atom is 0.317 e. The second kappa shape index (κ2) is 5.89. The number of urea groups is 1. The van der Waals surface area contributed by atoms with Gasteiger partial charge in [-0.15, -0.1) is 11.3 Å². The lowest BCUT2D eigenvalue weighted by Gasteiger charge is -2.15.